The maximum Gasteiger partial charge on any atom is 0.237 e. The average molecular weight is 352 g/mol. The van der Waals surface area contributed by atoms with Crippen molar-refractivity contribution in [2.24, 2.45) is 5.73 Å². The first-order chi connectivity index (χ1) is 12.6. The smallest absolute Gasteiger partial charge is 0.237 e. The first-order valence-electron chi connectivity index (χ1n) is 8.53. The van der Waals surface area contributed by atoms with E-state index in [1.807, 2.05) is 55.5 Å². The lowest BCUT2D eigenvalue weighted by molar-refractivity contribution is -0.123. The van der Waals surface area contributed by atoms with Gasteiger partial charge in [-0.15, -0.1) is 0 Å². The molecule has 0 fully saturated rings. The number of nitrogens with two attached hydrogens (primary N) is 1. The summed E-state index contributed by atoms with van der Waals surface area (Å²) in [5.74, 6) is 1.88. The molecule has 2 heterocycles. The van der Waals surface area contributed by atoms with Gasteiger partial charge >= 0.3 is 0 Å². The first kappa shape index (κ1) is 16.5. The molecule has 1 aromatic heterocycles. The minimum Gasteiger partial charge on any atom is -0.461 e. The normalized spacial score (nSPS) is 15.0. The van der Waals surface area contributed by atoms with Crippen molar-refractivity contribution < 1.29 is 18.7 Å². The van der Waals surface area contributed by atoms with E-state index in [1.54, 1.807) is 0 Å². The summed E-state index contributed by atoms with van der Waals surface area (Å²) in [7, 11) is 0. The van der Waals surface area contributed by atoms with Gasteiger partial charge in [0.2, 0.25) is 12.7 Å². The molecule has 0 aliphatic carbocycles. The van der Waals surface area contributed by atoms with E-state index in [-0.39, 0.29) is 18.7 Å². The molecule has 4 rings (SSSR count). The van der Waals surface area contributed by atoms with Crippen LogP contribution in [0.15, 0.2) is 52.9 Å². The molecule has 0 radical (unpaired) electrons. The molecule has 2 aromatic carbocycles. The molecule has 2 atom stereocenters. The van der Waals surface area contributed by atoms with E-state index in [4.69, 9.17) is 19.6 Å². The topological polar surface area (TPSA) is 86.7 Å². The van der Waals surface area contributed by atoms with E-state index in [9.17, 15) is 4.79 Å². The van der Waals surface area contributed by atoms with Gasteiger partial charge in [0.05, 0.1) is 12.1 Å². The molecule has 134 valence electrons. The Hall–Kier alpha value is -2.99. The number of carbonyl (C=O) groups is 1. The maximum atomic E-state index is 12.4. The van der Waals surface area contributed by atoms with Gasteiger partial charge in [0, 0.05) is 11.8 Å². The molecule has 1 aliphatic rings. The molecule has 1 aliphatic heterocycles. The van der Waals surface area contributed by atoms with Gasteiger partial charge in [-0.1, -0.05) is 24.3 Å². The van der Waals surface area contributed by atoms with Crippen molar-refractivity contribution in [3.05, 3.63) is 59.9 Å². The van der Waals surface area contributed by atoms with Crippen LogP contribution in [0.25, 0.3) is 11.0 Å². The number of hydrogen-bond acceptors (Lipinski definition) is 5. The van der Waals surface area contributed by atoms with Gasteiger partial charge < -0.3 is 24.9 Å². The van der Waals surface area contributed by atoms with Crippen molar-refractivity contribution in [2.45, 2.75) is 25.4 Å². The molecule has 3 aromatic rings. The predicted octanol–water partition coefficient (Wildman–Crippen LogP) is 2.91. The highest BCUT2D eigenvalue weighted by molar-refractivity contribution is 5.83. The molecule has 0 saturated heterocycles. The zero-order chi connectivity index (χ0) is 18.1. The number of fused-ring (bicyclic) bond motifs is 2. The van der Waals surface area contributed by atoms with E-state index >= 15 is 0 Å². The van der Waals surface area contributed by atoms with Crippen LogP contribution in [0.4, 0.5) is 0 Å². The van der Waals surface area contributed by atoms with Crippen LogP contribution in [0.5, 0.6) is 11.5 Å². The minimum absolute atomic E-state index is 0.196. The van der Waals surface area contributed by atoms with Gasteiger partial charge in [-0.05, 0) is 36.8 Å². The summed E-state index contributed by atoms with van der Waals surface area (Å²) in [6.45, 7) is 2.13. The fraction of sp³-hybridized carbons (Fsp3) is 0.250. The van der Waals surface area contributed by atoms with Crippen molar-refractivity contribution in [1.82, 2.24) is 5.32 Å². The third kappa shape index (κ3) is 3.23. The van der Waals surface area contributed by atoms with Crippen LogP contribution < -0.4 is 20.5 Å². The number of ether oxygens (including phenoxy) is 2. The molecule has 0 saturated carbocycles. The van der Waals surface area contributed by atoms with Gasteiger partial charge in [-0.2, -0.15) is 0 Å². The number of benzene rings is 2. The zero-order valence-electron chi connectivity index (χ0n) is 14.4. The highest BCUT2D eigenvalue weighted by atomic mass is 16.7. The second-order valence-corrected chi connectivity index (χ2v) is 6.40. The Morgan fingerprint density at radius 1 is 1.15 bits per heavy atom. The van der Waals surface area contributed by atoms with E-state index in [0.717, 1.165) is 16.5 Å². The quantitative estimate of drug-likeness (QED) is 0.737. The van der Waals surface area contributed by atoms with Gasteiger partial charge in [-0.25, -0.2) is 0 Å². The van der Waals surface area contributed by atoms with Gasteiger partial charge in [0.25, 0.3) is 0 Å². The van der Waals surface area contributed by atoms with Crippen molar-refractivity contribution in [2.75, 3.05) is 6.79 Å². The Morgan fingerprint density at radius 3 is 2.81 bits per heavy atom. The van der Waals surface area contributed by atoms with E-state index in [0.29, 0.717) is 23.7 Å². The molecular formula is C20H20N2O4. The summed E-state index contributed by atoms with van der Waals surface area (Å²) in [4.78, 5) is 12.4. The number of para-hydroxylation sites is 1. The fourth-order valence-corrected chi connectivity index (χ4v) is 3.03. The van der Waals surface area contributed by atoms with Gasteiger partial charge in [-0.3, -0.25) is 4.79 Å². The van der Waals surface area contributed by atoms with Crippen molar-refractivity contribution in [3.63, 3.8) is 0 Å². The fourth-order valence-electron chi connectivity index (χ4n) is 3.03. The second kappa shape index (κ2) is 6.72. The predicted molar refractivity (Wildman–Crippen MR) is 97.0 cm³/mol. The van der Waals surface area contributed by atoms with Crippen molar-refractivity contribution in [1.29, 1.82) is 0 Å². The van der Waals surface area contributed by atoms with E-state index < -0.39 is 6.04 Å². The summed E-state index contributed by atoms with van der Waals surface area (Å²) in [5, 5.41) is 3.94. The number of amides is 1. The Balaban J connectivity index is 1.40. The van der Waals surface area contributed by atoms with Crippen LogP contribution in [0.1, 0.15) is 24.3 Å². The Kier molecular flexibility index (Phi) is 4.26. The van der Waals surface area contributed by atoms with Gasteiger partial charge in [0.15, 0.2) is 11.5 Å². The largest absolute Gasteiger partial charge is 0.461 e. The van der Waals surface area contributed by atoms with Crippen LogP contribution in [-0.2, 0) is 11.2 Å². The Morgan fingerprint density at radius 2 is 1.96 bits per heavy atom. The molecule has 3 N–H and O–H groups in total. The summed E-state index contributed by atoms with van der Waals surface area (Å²) in [5.41, 5.74) is 7.80. The van der Waals surface area contributed by atoms with Crippen LogP contribution in [0.3, 0.4) is 0 Å². The summed E-state index contributed by atoms with van der Waals surface area (Å²) < 4.78 is 16.4. The monoisotopic (exact) mass is 352 g/mol. The lowest BCUT2D eigenvalue weighted by Gasteiger charge is -2.17. The molecule has 0 spiro atoms. The van der Waals surface area contributed by atoms with Crippen LogP contribution in [-0.4, -0.2) is 18.7 Å². The highest BCUT2D eigenvalue weighted by Gasteiger charge is 2.21. The van der Waals surface area contributed by atoms with Crippen LogP contribution >= 0.6 is 0 Å². The van der Waals surface area contributed by atoms with Crippen molar-refractivity contribution in [3.8, 4) is 11.5 Å². The molecular weight excluding hydrogens is 332 g/mol. The SMILES string of the molecule is CC(NC(=O)C(N)Cc1cc2ccccc2o1)c1ccc2c(c1)OCO2. The third-order valence-corrected chi connectivity index (χ3v) is 4.49. The molecule has 2 unspecified atom stereocenters. The minimum atomic E-state index is -0.688. The lowest BCUT2D eigenvalue weighted by Crippen LogP contribution is -2.42. The number of nitrogens with one attached hydrogen (secondary N) is 1. The first-order valence-corrected chi connectivity index (χ1v) is 8.53. The molecule has 0 bridgehead atoms. The summed E-state index contributed by atoms with van der Waals surface area (Å²) in [6, 6.07) is 14.4. The maximum absolute atomic E-state index is 12.4. The average Bonchev–Trinajstić information content (AvgIpc) is 3.26. The zero-order valence-corrected chi connectivity index (χ0v) is 14.4. The second-order valence-electron chi connectivity index (χ2n) is 6.40. The lowest BCUT2D eigenvalue weighted by atomic mass is 10.1. The standard InChI is InChI=1S/C20H20N2O4/c1-12(13-6-7-18-19(9-13)25-11-24-18)22-20(23)16(21)10-15-8-14-4-2-3-5-17(14)26-15/h2-9,12,16H,10-11,21H2,1H3,(H,22,23). The summed E-state index contributed by atoms with van der Waals surface area (Å²) in [6.07, 6.45) is 0.342. The molecule has 6 nitrogen and oxygen atoms in total. The van der Waals surface area contributed by atoms with Gasteiger partial charge in [0.1, 0.15) is 11.3 Å². The number of carbonyl (C=O) groups excluding carboxylic acids is 1. The van der Waals surface area contributed by atoms with Crippen LogP contribution in [0, 0.1) is 0 Å². The number of hydrogen-bond donors (Lipinski definition) is 2. The van der Waals surface area contributed by atoms with E-state index in [2.05, 4.69) is 5.32 Å². The van der Waals surface area contributed by atoms with E-state index in [1.165, 1.54) is 0 Å². The molecule has 1 amide bonds. The Bertz CT molecular complexity index is 917. The van der Waals surface area contributed by atoms with Crippen molar-refractivity contribution >= 4 is 16.9 Å². The highest BCUT2D eigenvalue weighted by Crippen LogP contribution is 2.34. The third-order valence-electron chi connectivity index (χ3n) is 4.49. The van der Waals surface area contributed by atoms with Crippen LogP contribution in [0.2, 0.25) is 0 Å². The number of rotatable bonds is 5. The number of furan rings is 1. The summed E-state index contributed by atoms with van der Waals surface area (Å²) >= 11 is 0. The molecule has 6 heteroatoms. The molecule has 26 heavy (non-hydrogen) atoms. The Labute approximate surface area is 150 Å².